The van der Waals surface area contributed by atoms with Gasteiger partial charge in [-0.1, -0.05) is 27.2 Å². The molecule has 2 unspecified atom stereocenters. The topological polar surface area (TPSA) is 66.6 Å². The van der Waals surface area contributed by atoms with Crippen LogP contribution in [0.5, 0.6) is 0 Å². The summed E-state index contributed by atoms with van der Waals surface area (Å²) in [5.41, 5.74) is 5.94. The van der Waals surface area contributed by atoms with Crippen molar-refractivity contribution in [2.45, 2.75) is 39.7 Å². The van der Waals surface area contributed by atoms with Gasteiger partial charge in [0.2, 0.25) is 11.8 Å². The molecule has 0 fully saturated rings. The van der Waals surface area contributed by atoms with Gasteiger partial charge in [-0.15, -0.1) is 0 Å². The van der Waals surface area contributed by atoms with E-state index in [-0.39, 0.29) is 24.3 Å². The van der Waals surface area contributed by atoms with Crippen LogP contribution in [0.4, 0.5) is 0 Å². The van der Waals surface area contributed by atoms with Crippen molar-refractivity contribution in [1.82, 2.24) is 9.80 Å². The molecule has 18 heavy (non-hydrogen) atoms. The molecule has 0 saturated heterocycles. The van der Waals surface area contributed by atoms with Gasteiger partial charge in [0.1, 0.15) is 0 Å². The Bertz CT molecular complexity index is 279. The van der Waals surface area contributed by atoms with Crippen LogP contribution in [0, 0.1) is 5.92 Å². The molecule has 5 nitrogen and oxygen atoms in total. The van der Waals surface area contributed by atoms with E-state index in [1.54, 1.807) is 19.0 Å². The first-order valence-corrected chi connectivity index (χ1v) is 6.59. The summed E-state index contributed by atoms with van der Waals surface area (Å²) in [6, 6.07) is -0.517. The van der Waals surface area contributed by atoms with Crippen molar-refractivity contribution >= 4 is 11.8 Å². The van der Waals surface area contributed by atoms with Crippen LogP contribution in [0.1, 0.15) is 33.6 Å². The van der Waals surface area contributed by atoms with E-state index in [0.717, 1.165) is 12.8 Å². The first-order valence-electron chi connectivity index (χ1n) is 6.59. The number of hydrogen-bond acceptors (Lipinski definition) is 3. The summed E-state index contributed by atoms with van der Waals surface area (Å²) in [7, 11) is 3.37. The molecule has 5 heteroatoms. The molecule has 0 aromatic carbocycles. The van der Waals surface area contributed by atoms with E-state index < -0.39 is 6.04 Å². The molecule has 0 aliphatic rings. The lowest BCUT2D eigenvalue weighted by molar-refractivity contribution is -0.140. The Morgan fingerprint density at radius 3 is 2.17 bits per heavy atom. The monoisotopic (exact) mass is 257 g/mol. The van der Waals surface area contributed by atoms with E-state index in [0.29, 0.717) is 6.54 Å². The fraction of sp³-hybridized carbons (Fsp3) is 0.846. The third-order valence-corrected chi connectivity index (χ3v) is 3.17. The van der Waals surface area contributed by atoms with Gasteiger partial charge < -0.3 is 15.5 Å². The van der Waals surface area contributed by atoms with Crippen molar-refractivity contribution in [2.24, 2.45) is 11.7 Å². The third kappa shape index (κ3) is 5.04. The van der Waals surface area contributed by atoms with E-state index in [1.807, 2.05) is 20.8 Å². The molecule has 0 aromatic rings. The van der Waals surface area contributed by atoms with Crippen LogP contribution < -0.4 is 5.73 Å². The highest BCUT2D eigenvalue weighted by Crippen LogP contribution is 2.09. The molecule has 0 rings (SSSR count). The predicted octanol–water partition coefficient (Wildman–Crippen LogP) is 0.687. The highest BCUT2D eigenvalue weighted by atomic mass is 16.2. The maximum Gasteiger partial charge on any atom is 0.241 e. The van der Waals surface area contributed by atoms with Crippen LogP contribution in [0.2, 0.25) is 0 Å². The molecule has 2 atom stereocenters. The molecular weight excluding hydrogens is 230 g/mol. The van der Waals surface area contributed by atoms with Crippen molar-refractivity contribution in [2.75, 3.05) is 27.2 Å². The molecular formula is C13H27N3O2. The number of rotatable bonds is 7. The number of likely N-dealkylation sites (N-methyl/N-ethyl adjacent to an activating group) is 1. The van der Waals surface area contributed by atoms with Crippen LogP contribution in [0.15, 0.2) is 0 Å². The second-order valence-electron chi connectivity index (χ2n) is 4.96. The number of carbonyl (C=O) groups is 2. The molecule has 0 saturated carbocycles. The molecule has 2 amide bonds. The van der Waals surface area contributed by atoms with Gasteiger partial charge in [-0.3, -0.25) is 9.59 Å². The van der Waals surface area contributed by atoms with Gasteiger partial charge in [0, 0.05) is 20.6 Å². The molecule has 0 heterocycles. The summed E-state index contributed by atoms with van der Waals surface area (Å²) in [5, 5.41) is 0. The summed E-state index contributed by atoms with van der Waals surface area (Å²) in [6.45, 7) is 6.63. The minimum Gasteiger partial charge on any atom is -0.347 e. The summed E-state index contributed by atoms with van der Waals surface area (Å²) in [4.78, 5) is 27.0. The van der Waals surface area contributed by atoms with E-state index in [2.05, 4.69) is 0 Å². The SMILES string of the molecule is CCCN(CC(=O)N(C)C)C(=O)C(N)C(C)CC. The summed E-state index contributed by atoms with van der Waals surface area (Å²) in [5.74, 6) is -0.0686. The second kappa shape index (κ2) is 8.08. The van der Waals surface area contributed by atoms with E-state index in [4.69, 9.17) is 5.73 Å². The first kappa shape index (κ1) is 16.9. The molecule has 0 radical (unpaired) electrons. The van der Waals surface area contributed by atoms with Gasteiger partial charge in [0.05, 0.1) is 12.6 Å². The van der Waals surface area contributed by atoms with Gasteiger partial charge in [-0.25, -0.2) is 0 Å². The van der Waals surface area contributed by atoms with E-state index in [1.165, 1.54) is 4.90 Å². The lowest BCUT2D eigenvalue weighted by Crippen LogP contribution is -2.50. The number of nitrogens with zero attached hydrogens (tertiary/aromatic N) is 2. The Balaban J connectivity index is 4.68. The number of nitrogens with two attached hydrogens (primary N) is 1. The van der Waals surface area contributed by atoms with Crippen molar-refractivity contribution in [1.29, 1.82) is 0 Å². The van der Waals surface area contributed by atoms with Gasteiger partial charge in [-0.05, 0) is 12.3 Å². The molecule has 0 aliphatic carbocycles. The fourth-order valence-corrected chi connectivity index (χ4v) is 1.55. The van der Waals surface area contributed by atoms with Gasteiger partial charge in [-0.2, -0.15) is 0 Å². The predicted molar refractivity (Wildman–Crippen MR) is 73.0 cm³/mol. The number of hydrogen-bond donors (Lipinski definition) is 1. The Morgan fingerprint density at radius 1 is 1.22 bits per heavy atom. The van der Waals surface area contributed by atoms with Gasteiger partial charge in [0.15, 0.2) is 0 Å². The van der Waals surface area contributed by atoms with Gasteiger partial charge in [0.25, 0.3) is 0 Å². The molecule has 106 valence electrons. The van der Waals surface area contributed by atoms with Crippen molar-refractivity contribution < 1.29 is 9.59 Å². The fourth-order valence-electron chi connectivity index (χ4n) is 1.55. The van der Waals surface area contributed by atoms with Crippen molar-refractivity contribution in [3.8, 4) is 0 Å². The standard InChI is InChI=1S/C13H27N3O2/c1-6-8-16(9-11(17)15(4)5)13(18)12(14)10(3)7-2/h10,12H,6-9,14H2,1-5H3. The lowest BCUT2D eigenvalue weighted by Gasteiger charge is -2.28. The van der Waals surface area contributed by atoms with E-state index in [9.17, 15) is 9.59 Å². The van der Waals surface area contributed by atoms with E-state index >= 15 is 0 Å². The van der Waals surface area contributed by atoms with Gasteiger partial charge >= 0.3 is 0 Å². The Morgan fingerprint density at radius 2 is 1.78 bits per heavy atom. The molecule has 0 aliphatic heterocycles. The second-order valence-corrected chi connectivity index (χ2v) is 4.96. The summed E-state index contributed by atoms with van der Waals surface area (Å²) in [6.07, 6.45) is 1.67. The minimum atomic E-state index is -0.517. The zero-order valence-corrected chi connectivity index (χ0v) is 12.3. The highest BCUT2D eigenvalue weighted by molar-refractivity contribution is 5.87. The minimum absolute atomic E-state index is 0.0758. The Labute approximate surface area is 110 Å². The van der Waals surface area contributed by atoms with Crippen LogP contribution in [0.25, 0.3) is 0 Å². The number of amides is 2. The largest absolute Gasteiger partial charge is 0.347 e. The smallest absolute Gasteiger partial charge is 0.241 e. The van der Waals surface area contributed by atoms with Crippen LogP contribution >= 0.6 is 0 Å². The number of carbonyl (C=O) groups excluding carboxylic acids is 2. The van der Waals surface area contributed by atoms with Crippen molar-refractivity contribution in [3.05, 3.63) is 0 Å². The third-order valence-electron chi connectivity index (χ3n) is 3.17. The zero-order chi connectivity index (χ0) is 14.3. The zero-order valence-electron chi connectivity index (χ0n) is 12.3. The molecule has 0 aromatic heterocycles. The molecule has 0 spiro atoms. The summed E-state index contributed by atoms with van der Waals surface area (Å²) >= 11 is 0. The molecule has 0 bridgehead atoms. The maximum atomic E-state index is 12.2. The average Bonchev–Trinajstić information content (AvgIpc) is 2.35. The highest BCUT2D eigenvalue weighted by Gasteiger charge is 2.26. The maximum absolute atomic E-state index is 12.2. The summed E-state index contributed by atoms with van der Waals surface area (Å²) < 4.78 is 0. The molecule has 2 N–H and O–H groups in total. The van der Waals surface area contributed by atoms with Crippen molar-refractivity contribution in [3.63, 3.8) is 0 Å². The van der Waals surface area contributed by atoms with Crippen LogP contribution in [-0.2, 0) is 9.59 Å². The average molecular weight is 257 g/mol. The lowest BCUT2D eigenvalue weighted by atomic mass is 9.99. The normalized spacial score (nSPS) is 13.9. The quantitative estimate of drug-likeness (QED) is 0.729. The van der Waals surface area contributed by atoms with Crippen LogP contribution in [-0.4, -0.2) is 54.8 Å². The van der Waals surface area contributed by atoms with Crippen LogP contribution in [0.3, 0.4) is 0 Å². The Hall–Kier alpha value is -1.10. The first-order chi connectivity index (χ1) is 8.34. The Kier molecular flexibility index (Phi) is 7.59.